The van der Waals surface area contributed by atoms with E-state index in [1.54, 1.807) is 0 Å². The average molecular weight is 233 g/mol. The Kier molecular flexibility index (Phi) is 9.40. The van der Waals surface area contributed by atoms with Gasteiger partial charge in [0.15, 0.2) is 0 Å². The molecule has 5 nitrogen and oxygen atoms in total. The number of aliphatic imine (C=N–C) groups is 1. The fraction of sp³-hybridized carbons (Fsp3) is 0.583. The summed E-state index contributed by atoms with van der Waals surface area (Å²) in [6.07, 6.45) is 13.0. The molecule has 0 aliphatic heterocycles. The van der Waals surface area contributed by atoms with Crippen molar-refractivity contribution in [2.45, 2.75) is 39.2 Å². The highest BCUT2D eigenvalue weighted by Gasteiger charge is 1.97. The highest BCUT2D eigenvalue weighted by molar-refractivity contribution is 5.46. The lowest BCUT2D eigenvalue weighted by molar-refractivity contribution is -0.671. The fourth-order valence-electron chi connectivity index (χ4n) is 1.38. The molecule has 0 spiro atoms. The molecule has 0 bridgehead atoms. The Hall–Kier alpha value is -1.92. The van der Waals surface area contributed by atoms with Gasteiger partial charge in [0.25, 0.3) is 0 Å². The first-order valence-corrected chi connectivity index (χ1v) is 5.73. The first-order chi connectivity index (χ1) is 8.24. The molecule has 1 aromatic heterocycles. The quantitative estimate of drug-likeness (QED) is 0.332. The van der Waals surface area contributed by atoms with Gasteiger partial charge in [-0.1, -0.05) is 19.8 Å². The number of aryl methyl sites for hydroxylation is 2. The second-order valence-electron chi connectivity index (χ2n) is 3.69. The van der Waals surface area contributed by atoms with Crippen LogP contribution in [0.3, 0.4) is 0 Å². The van der Waals surface area contributed by atoms with E-state index in [1.807, 2.05) is 0 Å². The van der Waals surface area contributed by atoms with Crippen LogP contribution in [0.1, 0.15) is 32.6 Å². The second kappa shape index (κ2) is 10.6. The van der Waals surface area contributed by atoms with Crippen molar-refractivity contribution in [1.29, 1.82) is 5.26 Å². The molecule has 5 heteroatoms. The van der Waals surface area contributed by atoms with Gasteiger partial charge in [-0.15, -0.1) is 6.01 Å². The third kappa shape index (κ3) is 9.04. The van der Waals surface area contributed by atoms with Gasteiger partial charge in [0, 0.05) is 0 Å². The fourth-order valence-corrected chi connectivity index (χ4v) is 1.38. The average Bonchev–Trinajstić information content (AvgIpc) is 2.73. The zero-order valence-corrected chi connectivity index (χ0v) is 10.5. The van der Waals surface area contributed by atoms with E-state index < -0.39 is 0 Å². The van der Waals surface area contributed by atoms with E-state index in [0.29, 0.717) is 0 Å². The van der Waals surface area contributed by atoms with E-state index in [9.17, 15) is 0 Å². The Balaban J connectivity index is 0.000000437. The largest absolute Gasteiger partial charge is 0.422 e. The minimum Gasteiger partial charge on any atom is -0.422 e. The van der Waals surface area contributed by atoms with Gasteiger partial charge in [0.05, 0.1) is 19.8 Å². The molecule has 1 rings (SSSR count). The normalized spacial score (nSPS) is 8.53. The standard InChI is InChI=1S/C10H19N2.C2N3/c1-3-4-5-6-7-12-9-8-11(2)10-12;3-1-5-2-4/h8-10H,3-7H2,1-2H3;/q+1;-1. The van der Waals surface area contributed by atoms with Gasteiger partial charge in [-0.2, -0.15) is 5.26 Å². The molecule has 92 valence electrons. The highest BCUT2D eigenvalue weighted by atomic mass is 15.1. The first kappa shape index (κ1) is 15.1. The monoisotopic (exact) mass is 233 g/mol. The maximum atomic E-state index is 7.43. The first-order valence-electron chi connectivity index (χ1n) is 5.73. The molecule has 0 saturated carbocycles. The van der Waals surface area contributed by atoms with E-state index in [2.05, 4.69) is 46.8 Å². The summed E-state index contributed by atoms with van der Waals surface area (Å²) in [6.45, 7) is 3.41. The summed E-state index contributed by atoms with van der Waals surface area (Å²) in [7, 11) is 2.06. The van der Waals surface area contributed by atoms with Crippen LogP contribution in [0.25, 0.3) is 5.41 Å². The summed E-state index contributed by atoms with van der Waals surface area (Å²) in [4.78, 5) is 2.58. The van der Waals surface area contributed by atoms with Crippen molar-refractivity contribution in [3.63, 3.8) is 0 Å². The lowest BCUT2D eigenvalue weighted by atomic mass is 10.2. The molecule has 0 radical (unpaired) electrons. The Bertz CT molecular complexity index is 382. The van der Waals surface area contributed by atoms with E-state index in [0.717, 1.165) is 0 Å². The highest BCUT2D eigenvalue weighted by Crippen LogP contribution is 2.00. The molecule has 0 aliphatic carbocycles. The predicted molar refractivity (Wildman–Crippen MR) is 66.2 cm³/mol. The molecule has 0 amide bonds. The molecule has 0 aliphatic rings. The number of imidazole rings is 1. The van der Waals surface area contributed by atoms with Gasteiger partial charge in [0.1, 0.15) is 12.4 Å². The zero-order chi connectivity index (χ0) is 12.9. The van der Waals surface area contributed by atoms with Gasteiger partial charge in [-0.05, 0) is 12.8 Å². The van der Waals surface area contributed by atoms with Crippen LogP contribution in [-0.2, 0) is 13.6 Å². The van der Waals surface area contributed by atoms with E-state index >= 15 is 0 Å². The smallest absolute Gasteiger partial charge is 0.243 e. The number of nitriles is 1. The number of hydrogen-bond acceptors (Lipinski definition) is 2. The Morgan fingerprint density at radius 1 is 1.41 bits per heavy atom. The molecule has 0 unspecified atom stereocenters. The molecular formula is C12H19N5. The Morgan fingerprint density at radius 3 is 2.59 bits per heavy atom. The topological polar surface area (TPSA) is 67.3 Å². The molecule has 0 saturated heterocycles. The minimum atomic E-state index is 1.17. The summed E-state index contributed by atoms with van der Waals surface area (Å²) in [5.41, 5.74) is 0. The lowest BCUT2D eigenvalue weighted by Crippen LogP contribution is -2.23. The summed E-state index contributed by atoms with van der Waals surface area (Å²) in [6, 6.07) is 1.28. The summed E-state index contributed by atoms with van der Waals surface area (Å²) in [5.74, 6) is 0. The lowest BCUT2D eigenvalue weighted by Gasteiger charge is -1.95. The summed E-state index contributed by atoms with van der Waals surface area (Å²) in [5, 5.41) is 14.9. The number of unbranched alkanes of at least 4 members (excludes halogenated alkanes) is 3. The second-order valence-corrected chi connectivity index (χ2v) is 3.69. The molecule has 1 aromatic rings. The molecule has 1 heterocycles. The summed E-state index contributed by atoms with van der Waals surface area (Å²) < 4.78 is 4.33. The van der Waals surface area contributed by atoms with Crippen LogP contribution in [0.15, 0.2) is 23.7 Å². The van der Waals surface area contributed by atoms with Crippen LogP contribution in [0.2, 0.25) is 0 Å². The number of rotatable bonds is 5. The van der Waals surface area contributed by atoms with Gasteiger partial charge in [0.2, 0.25) is 6.33 Å². The van der Waals surface area contributed by atoms with Gasteiger partial charge in [-0.3, -0.25) is 0 Å². The van der Waals surface area contributed by atoms with Crippen molar-refractivity contribution in [3.8, 4) is 6.19 Å². The third-order valence-electron chi connectivity index (χ3n) is 2.19. The number of aromatic nitrogens is 2. The van der Waals surface area contributed by atoms with Crippen molar-refractivity contribution < 1.29 is 4.57 Å². The Labute approximate surface area is 103 Å². The van der Waals surface area contributed by atoms with Crippen LogP contribution in [0.4, 0.5) is 0 Å². The van der Waals surface area contributed by atoms with Crippen LogP contribution in [-0.4, -0.2) is 10.6 Å². The predicted octanol–water partition coefficient (Wildman–Crippen LogP) is 2.10. The maximum Gasteiger partial charge on any atom is 0.243 e. The maximum absolute atomic E-state index is 7.43. The molecule has 0 fully saturated rings. The van der Waals surface area contributed by atoms with Crippen molar-refractivity contribution >= 4 is 6.01 Å². The molecule has 17 heavy (non-hydrogen) atoms. The molecule has 0 atom stereocenters. The van der Waals surface area contributed by atoms with Crippen LogP contribution >= 0.6 is 0 Å². The van der Waals surface area contributed by atoms with E-state index in [-0.39, 0.29) is 0 Å². The van der Waals surface area contributed by atoms with Gasteiger partial charge < -0.3 is 10.4 Å². The summed E-state index contributed by atoms with van der Waals surface area (Å²) >= 11 is 0. The molecule has 0 aromatic carbocycles. The SMILES string of the molecule is CCCCCCn1cc[n+](C)c1.N#CN=C=[N-]. The number of nitrogens with zero attached hydrogens (tertiary/aromatic N) is 5. The van der Waals surface area contributed by atoms with Crippen molar-refractivity contribution in [3.05, 3.63) is 24.1 Å². The molecule has 0 N–H and O–H groups in total. The van der Waals surface area contributed by atoms with Crippen LogP contribution in [0, 0.1) is 11.5 Å². The van der Waals surface area contributed by atoms with Crippen molar-refractivity contribution in [2.75, 3.05) is 0 Å². The van der Waals surface area contributed by atoms with E-state index in [1.165, 1.54) is 44.4 Å². The zero-order valence-electron chi connectivity index (χ0n) is 10.5. The third-order valence-corrected chi connectivity index (χ3v) is 2.19. The van der Waals surface area contributed by atoms with Gasteiger partial charge >= 0.3 is 0 Å². The van der Waals surface area contributed by atoms with Crippen molar-refractivity contribution in [2.24, 2.45) is 12.0 Å². The van der Waals surface area contributed by atoms with E-state index in [4.69, 9.17) is 10.7 Å². The number of hydrogen-bond donors (Lipinski definition) is 0. The van der Waals surface area contributed by atoms with Crippen LogP contribution in [0.5, 0.6) is 0 Å². The van der Waals surface area contributed by atoms with Crippen LogP contribution < -0.4 is 4.57 Å². The minimum absolute atomic E-state index is 1.17. The Morgan fingerprint density at radius 2 is 2.18 bits per heavy atom. The molecular weight excluding hydrogens is 214 g/mol. The van der Waals surface area contributed by atoms with Gasteiger partial charge in [-0.25, -0.2) is 9.13 Å². The van der Waals surface area contributed by atoms with Crippen molar-refractivity contribution in [1.82, 2.24) is 4.57 Å².